The van der Waals surface area contributed by atoms with Gasteiger partial charge in [0.05, 0.1) is 26.5 Å². The van der Waals surface area contributed by atoms with Crippen LogP contribution in [-0.4, -0.2) is 37.3 Å². The summed E-state index contributed by atoms with van der Waals surface area (Å²) in [5, 5.41) is 2.97. The number of esters is 1. The van der Waals surface area contributed by atoms with Crippen molar-refractivity contribution in [3.8, 4) is 22.6 Å². The van der Waals surface area contributed by atoms with Gasteiger partial charge in [-0.1, -0.05) is 48.5 Å². The molecule has 184 valence electrons. The molecule has 0 unspecified atom stereocenters. The number of ether oxygens (including phenoxy) is 3. The molecule has 0 saturated carbocycles. The normalized spacial score (nSPS) is 10.5. The molecule has 1 N–H and O–H groups in total. The molecule has 0 atom stereocenters. The molecule has 36 heavy (non-hydrogen) atoms. The third-order valence-corrected chi connectivity index (χ3v) is 5.71. The number of anilines is 1. The van der Waals surface area contributed by atoms with Gasteiger partial charge >= 0.3 is 5.97 Å². The predicted molar refractivity (Wildman–Crippen MR) is 139 cm³/mol. The van der Waals surface area contributed by atoms with Gasteiger partial charge in [-0.3, -0.25) is 4.79 Å². The molecule has 7 nitrogen and oxygen atoms in total. The lowest BCUT2D eigenvalue weighted by Crippen LogP contribution is -2.18. The van der Waals surface area contributed by atoms with Crippen molar-refractivity contribution in [2.24, 2.45) is 0 Å². The largest absolute Gasteiger partial charge is 0.497 e. The number of carbonyl (C=O) groups is 2. The summed E-state index contributed by atoms with van der Waals surface area (Å²) in [7, 11) is 3.14. The van der Waals surface area contributed by atoms with Crippen molar-refractivity contribution < 1.29 is 23.8 Å². The van der Waals surface area contributed by atoms with E-state index < -0.39 is 5.97 Å². The fourth-order valence-corrected chi connectivity index (χ4v) is 3.95. The number of methoxy groups -OCH3 is 2. The zero-order chi connectivity index (χ0) is 25.5. The van der Waals surface area contributed by atoms with E-state index in [1.165, 1.54) is 0 Å². The maximum atomic E-state index is 13.3. The van der Waals surface area contributed by atoms with E-state index >= 15 is 0 Å². The number of nitrogens with zero attached hydrogens (tertiary/aromatic N) is 1. The Hall–Kier alpha value is -4.52. The number of amides is 1. The lowest BCUT2D eigenvalue weighted by molar-refractivity contribution is 0.0515. The lowest BCUT2D eigenvalue weighted by atomic mass is 10.1. The van der Waals surface area contributed by atoms with Crippen LogP contribution >= 0.6 is 0 Å². The van der Waals surface area contributed by atoms with E-state index in [0.717, 1.165) is 11.1 Å². The standard InChI is InChI=1S/C29H28N2O5/c1-4-36-29(33)27-26(30-28(32)22-11-8-12-24(17-22)35-3)25(21-13-15-23(34-2)16-14-21)19-31(27)18-20-9-6-5-7-10-20/h5-17,19H,4,18H2,1-3H3,(H,30,32). The average Bonchev–Trinajstić information content (AvgIpc) is 3.26. The van der Waals surface area contributed by atoms with E-state index in [1.54, 1.807) is 45.4 Å². The summed E-state index contributed by atoms with van der Waals surface area (Å²) in [6, 6.07) is 24.1. The van der Waals surface area contributed by atoms with Gasteiger partial charge in [0.15, 0.2) is 5.69 Å². The highest BCUT2D eigenvalue weighted by Gasteiger charge is 2.26. The van der Waals surface area contributed by atoms with Gasteiger partial charge in [0.1, 0.15) is 11.5 Å². The van der Waals surface area contributed by atoms with Crippen LogP contribution in [0.3, 0.4) is 0 Å². The molecule has 0 aliphatic rings. The number of hydrogen-bond donors (Lipinski definition) is 1. The number of benzene rings is 3. The van der Waals surface area contributed by atoms with Crippen molar-refractivity contribution in [3.05, 3.63) is 102 Å². The summed E-state index contributed by atoms with van der Waals surface area (Å²) >= 11 is 0. The fourth-order valence-electron chi connectivity index (χ4n) is 3.95. The molecule has 3 aromatic carbocycles. The SMILES string of the molecule is CCOC(=O)c1c(NC(=O)c2cccc(OC)c2)c(-c2ccc(OC)cc2)cn1Cc1ccccc1. The Morgan fingerprint density at radius 2 is 1.58 bits per heavy atom. The molecule has 0 fully saturated rings. The first kappa shape index (κ1) is 24.6. The van der Waals surface area contributed by atoms with Gasteiger partial charge in [-0.2, -0.15) is 0 Å². The van der Waals surface area contributed by atoms with Gasteiger partial charge < -0.3 is 24.1 Å². The highest BCUT2D eigenvalue weighted by atomic mass is 16.5. The maximum Gasteiger partial charge on any atom is 0.357 e. The minimum atomic E-state index is -0.519. The zero-order valence-electron chi connectivity index (χ0n) is 20.5. The summed E-state index contributed by atoms with van der Waals surface area (Å²) in [4.78, 5) is 26.5. The van der Waals surface area contributed by atoms with Crippen molar-refractivity contribution in [2.45, 2.75) is 13.5 Å². The monoisotopic (exact) mass is 484 g/mol. The molecular formula is C29H28N2O5. The second-order valence-electron chi connectivity index (χ2n) is 8.01. The van der Waals surface area contributed by atoms with Gasteiger partial charge in [0.25, 0.3) is 5.91 Å². The Labute approximate surface area is 210 Å². The summed E-state index contributed by atoms with van der Waals surface area (Å²) in [6.45, 7) is 2.38. The molecule has 0 aliphatic heterocycles. The average molecular weight is 485 g/mol. The van der Waals surface area contributed by atoms with Crippen LogP contribution in [0.1, 0.15) is 33.3 Å². The molecule has 1 amide bonds. The van der Waals surface area contributed by atoms with E-state index in [1.807, 2.05) is 65.4 Å². The number of rotatable bonds is 9. The van der Waals surface area contributed by atoms with E-state index in [4.69, 9.17) is 14.2 Å². The molecule has 4 aromatic rings. The quantitative estimate of drug-likeness (QED) is 0.311. The van der Waals surface area contributed by atoms with Gasteiger partial charge in [-0.25, -0.2) is 4.79 Å². The maximum absolute atomic E-state index is 13.3. The van der Waals surface area contributed by atoms with Crippen LogP contribution in [0.5, 0.6) is 11.5 Å². The minimum Gasteiger partial charge on any atom is -0.497 e. The molecule has 0 aliphatic carbocycles. The van der Waals surface area contributed by atoms with Crippen LogP contribution in [0.2, 0.25) is 0 Å². The van der Waals surface area contributed by atoms with Crippen LogP contribution in [0.25, 0.3) is 11.1 Å². The van der Waals surface area contributed by atoms with E-state index in [2.05, 4.69) is 5.32 Å². The summed E-state index contributed by atoms with van der Waals surface area (Å²) in [6.07, 6.45) is 1.86. The van der Waals surface area contributed by atoms with Crippen molar-refractivity contribution in [1.82, 2.24) is 4.57 Å². The summed E-state index contributed by atoms with van der Waals surface area (Å²) in [5.74, 6) is 0.376. The number of carbonyl (C=O) groups excluding carboxylic acids is 2. The van der Waals surface area contributed by atoms with E-state index in [0.29, 0.717) is 34.9 Å². The van der Waals surface area contributed by atoms with Crippen LogP contribution < -0.4 is 14.8 Å². The van der Waals surface area contributed by atoms with E-state index in [9.17, 15) is 9.59 Å². The van der Waals surface area contributed by atoms with Crippen LogP contribution in [0.4, 0.5) is 5.69 Å². The third kappa shape index (κ3) is 5.41. The van der Waals surface area contributed by atoms with Gasteiger partial charge in [0, 0.05) is 23.9 Å². The Bertz CT molecular complexity index is 1340. The first-order valence-electron chi connectivity index (χ1n) is 11.6. The van der Waals surface area contributed by atoms with Crippen LogP contribution in [0.15, 0.2) is 85.1 Å². The Kier molecular flexibility index (Phi) is 7.70. The van der Waals surface area contributed by atoms with E-state index in [-0.39, 0.29) is 18.2 Å². The summed E-state index contributed by atoms with van der Waals surface area (Å²) < 4.78 is 17.8. The van der Waals surface area contributed by atoms with Gasteiger partial charge in [-0.05, 0) is 48.4 Å². The molecule has 7 heteroatoms. The third-order valence-electron chi connectivity index (χ3n) is 5.71. The first-order chi connectivity index (χ1) is 17.5. The molecule has 0 bridgehead atoms. The Morgan fingerprint density at radius 1 is 0.861 bits per heavy atom. The van der Waals surface area contributed by atoms with Crippen molar-refractivity contribution in [3.63, 3.8) is 0 Å². The van der Waals surface area contributed by atoms with Gasteiger partial charge in [-0.15, -0.1) is 0 Å². The smallest absolute Gasteiger partial charge is 0.357 e. The Morgan fingerprint density at radius 3 is 2.25 bits per heavy atom. The topological polar surface area (TPSA) is 78.8 Å². The summed E-state index contributed by atoms with van der Waals surface area (Å²) in [5.41, 5.74) is 3.55. The highest BCUT2D eigenvalue weighted by molar-refractivity contribution is 6.11. The number of hydrogen-bond acceptors (Lipinski definition) is 5. The Balaban J connectivity index is 1.85. The molecule has 0 spiro atoms. The lowest BCUT2D eigenvalue weighted by Gasteiger charge is -2.13. The van der Waals surface area contributed by atoms with Crippen LogP contribution in [0, 0.1) is 0 Å². The minimum absolute atomic E-state index is 0.205. The molecule has 0 radical (unpaired) electrons. The van der Waals surface area contributed by atoms with Gasteiger partial charge in [0.2, 0.25) is 0 Å². The van der Waals surface area contributed by atoms with Crippen molar-refractivity contribution in [2.75, 3.05) is 26.1 Å². The van der Waals surface area contributed by atoms with Crippen molar-refractivity contribution >= 4 is 17.6 Å². The first-order valence-corrected chi connectivity index (χ1v) is 11.6. The second kappa shape index (κ2) is 11.3. The number of nitrogens with one attached hydrogen (secondary N) is 1. The molecular weight excluding hydrogens is 456 g/mol. The molecule has 1 aromatic heterocycles. The van der Waals surface area contributed by atoms with Crippen LogP contribution in [-0.2, 0) is 11.3 Å². The molecule has 4 rings (SSSR count). The highest BCUT2D eigenvalue weighted by Crippen LogP contribution is 2.35. The van der Waals surface area contributed by atoms with Crippen molar-refractivity contribution in [1.29, 1.82) is 0 Å². The predicted octanol–water partition coefficient (Wildman–Crippen LogP) is 5.65. The second-order valence-corrected chi connectivity index (χ2v) is 8.01. The fraction of sp³-hybridized carbons (Fsp3) is 0.172. The zero-order valence-corrected chi connectivity index (χ0v) is 20.5. The molecule has 0 saturated heterocycles. The number of aromatic nitrogens is 1. The molecule has 1 heterocycles.